The Balaban J connectivity index is 1.37. The number of Topliss-reactive ketones (excluding diaryl/α,β-unsaturated/α-hetero) is 1. The molecule has 9 heteroatoms. The summed E-state index contributed by atoms with van der Waals surface area (Å²) in [6.07, 6.45) is 1.30. The normalized spacial score (nSPS) is 17.1. The number of ketones is 1. The number of halogens is 2. The molecule has 2 heterocycles. The summed E-state index contributed by atoms with van der Waals surface area (Å²) in [5.41, 5.74) is 6.72. The third kappa shape index (κ3) is 4.53. The van der Waals surface area contributed by atoms with Gasteiger partial charge in [-0.25, -0.2) is 13.6 Å². The standard InChI is InChI=1S/C24H26F2N4O3/c1-29-20-5-3-17(25)12-18(20)21(31)13-24(29)6-8-30(9-7-24)23(33)28-14-15-2-4-19(26)16(10-15)11-22(27)32/h2-5,10,12H,6-9,11,13-14H2,1H3,(H2,27,32)(H,28,33). The first kappa shape index (κ1) is 22.7. The largest absolute Gasteiger partial charge is 0.369 e. The van der Waals surface area contributed by atoms with Crippen LogP contribution in [0.2, 0.25) is 0 Å². The van der Waals surface area contributed by atoms with Crippen molar-refractivity contribution in [3.8, 4) is 0 Å². The molecule has 3 amide bonds. The van der Waals surface area contributed by atoms with E-state index in [2.05, 4.69) is 10.2 Å². The van der Waals surface area contributed by atoms with Crippen LogP contribution < -0.4 is 16.0 Å². The molecule has 0 bridgehead atoms. The maximum Gasteiger partial charge on any atom is 0.317 e. The molecule has 7 nitrogen and oxygen atoms in total. The summed E-state index contributed by atoms with van der Waals surface area (Å²) in [7, 11) is 1.91. The molecule has 174 valence electrons. The number of urea groups is 1. The predicted molar refractivity (Wildman–Crippen MR) is 119 cm³/mol. The molecule has 1 saturated heterocycles. The topological polar surface area (TPSA) is 95.7 Å². The van der Waals surface area contributed by atoms with Crippen LogP contribution in [0.3, 0.4) is 0 Å². The van der Waals surface area contributed by atoms with Gasteiger partial charge in [0.15, 0.2) is 5.78 Å². The molecule has 0 unspecified atom stereocenters. The van der Waals surface area contributed by atoms with E-state index in [-0.39, 0.29) is 36.8 Å². The van der Waals surface area contributed by atoms with Crippen molar-refractivity contribution in [2.24, 2.45) is 5.73 Å². The van der Waals surface area contributed by atoms with E-state index in [0.717, 1.165) is 0 Å². The third-order valence-electron chi connectivity index (χ3n) is 6.72. The Morgan fingerprint density at radius 3 is 2.55 bits per heavy atom. The lowest BCUT2D eigenvalue weighted by Gasteiger charge is -2.50. The molecule has 2 aromatic rings. The lowest BCUT2D eigenvalue weighted by Crippen LogP contribution is -2.59. The van der Waals surface area contributed by atoms with Gasteiger partial charge in [-0.3, -0.25) is 9.59 Å². The second-order valence-electron chi connectivity index (χ2n) is 8.76. The molecule has 0 saturated carbocycles. The van der Waals surface area contributed by atoms with Crippen LogP contribution in [0, 0.1) is 11.6 Å². The molecule has 33 heavy (non-hydrogen) atoms. The van der Waals surface area contributed by atoms with Gasteiger partial charge in [-0.15, -0.1) is 0 Å². The average molecular weight is 456 g/mol. The number of hydrogen-bond donors (Lipinski definition) is 2. The lowest BCUT2D eigenvalue weighted by molar-refractivity contribution is -0.117. The second-order valence-corrected chi connectivity index (χ2v) is 8.76. The van der Waals surface area contributed by atoms with Crippen molar-refractivity contribution in [3.63, 3.8) is 0 Å². The van der Waals surface area contributed by atoms with Gasteiger partial charge in [-0.1, -0.05) is 12.1 Å². The SMILES string of the molecule is CN1c2ccc(F)cc2C(=O)CC12CCN(C(=O)NCc1ccc(F)c(CC(N)=O)c1)CC2. The van der Waals surface area contributed by atoms with Gasteiger partial charge in [0.2, 0.25) is 5.91 Å². The van der Waals surface area contributed by atoms with E-state index in [1.165, 1.54) is 24.3 Å². The van der Waals surface area contributed by atoms with Gasteiger partial charge in [0.1, 0.15) is 11.6 Å². The minimum atomic E-state index is -0.628. The van der Waals surface area contributed by atoms with Crippen LogP contribution in [0.15, 0.2) is 36.4 Å². The highest BCUT2D eigenvalue weighted by molar-refractivity contribution is 6.04. The summed E-state index contributed by atoms with van der Waals surface area (Å²) in [4.78, 5) is 40.2. The van der Waals surface area contributed by atoms with Crippen LogP contribution in [0.25, 0.3) is 0 Å². The summed E-state index contributed by atoms with van der Waals surface area (Å²) < 4.78 is 27.4. The van der Waals surface area contributed by atoms with Crippen LogP contribution in [0.5, 0.6) is 0 Å². The molecule has 0 radical (unpaired) electrons. The molecule has 2 aromatic carbocycles. The zero-order valence-electron chi connectivity index (χ0n) is 18.4. The lowest BCUT2D eigenvalue weighted by atomic mass is 9.77. The summed E-state index contributed by atoms with van der Waals surface area (Å²) in [5.74, 6) is -1.65. The maximum atomic E-state index is 13.8. The highest BCUT2D eigenvalue weighted by Gasteiger charge is 2.45. The van der Waals surface area contributed by atoms with Crippen LogP contribution in [0.1, 0.15) is 40.7 Å². The minimum absolute atomic E-state index is 0.0800. The van der Waals surface area contributed by atoms with Crippen molar-refractivity contribution in [1.82, 2.24) is 10.2 Å². The van der Waals surface area contributed by atoms with Crippen molar-refractivity contribution in [3.05, 3.63) is 64.7 Å². The Kier molecular flexibility index (Phi) is 6.05. The first-order chi connectivity index (χ1) is 15.7. The van der Waals surface area contributed by atoms with Gasteiger partial charge >= 0.3 is 6.03 Å². The number of nitrogens with two attached hydrogens (primary N) is 1. The molecular formula is C24H26F2N4O3. The first-order valence-electron chi connectivity index (χ1n) is 10.8. The fourth-order valence-corrected chi connectivity index (χ4v) is 4.78. The minimum Gasteiger partial charge on any atom is -0.369 e. The quantitative estimate of drug-likeness (QED) is 0.740. The van der Waals surface area contributed by atoms with Crippen molar-refractivity contribution in [2.75, 3.05) is 25.0 Å². The Morgan fingerprint density at radius 2 is 1.85 bits per heavy atom. The highest BCUT2D eigenvalue weighted by Crippen LogP contribution is 2.41. The molecule has 1 fully saturated rings. The monoisotopic (exact) mass is 456 g/mol. The van der Waals surface area contributed by atoms with Crippen LogP contribution in [-0.4, -0.2) is 48.3 Å². The number of piperidine rings is 1. The Bertz CT molecular complexity index is 1110. The number of amides is 3. The third-order valence-corrected chi connectivity index (χ3v) is 6.72. The first-order valence-corrected chi connectivity index (χ1v) is 10.8. The van der Waals surface area contributed by atoms with Crippen molar-refractivity contribution < 1.29 is 23.2 Å². The number of carbonyl (C=O) groups is 3. The average Bonchev–Trinajstić information content (AvgIpc) is 2.78. The van der Waals surface area contributed by atoms with E-state index in [4.69, 9.17) is 5.73 Å². The second kappa shape index (κ2) is 8.80. The number of nitrogens with one attached hydrogen (secondary N) is 1. The van der Waals surface area contributed by atoms with Crippen LogP contribution >= 0.6 is 0 Å². The molecule has 0 atom stereocenters. The van der Waals surface area contributed by atoms with E-state index in [1.807, 2.05) is 7.05 Å². The van der Waals surface area contributed by atoms with Crippen molar-refractivity contribution >= 4 is 23.4 Å². The number of hydrogen-bond acceptors (Lipinski definition) is 4. The van der Waals surface area contributed by atoms with Crippen molar-refractivity contribution in [1.29, 1.82) is 0 Å². The van der Waals surface area contributed by atoms with E-state index < -0.39 is 23.1 Å². The number of benzene rings is 2. The number of carbonyl (C=O) groups excluding carboxylic acids is 3. The van der Waals surface area contributed by atoms with E-state index in [9.17, 15) is 23.2 Å². The van der Waals surface area contributed by atoms with Crippen molar-refractivity contribution in [2.45, 2.75) is 37.8 Å². The molecule has 0 aliphatic carbocycles. The Hall–Kier alpha value is -3.49. The zero-order chi connectivity index (χ0) is 23.8. The van der Waals surface area contributed by atoms with Gasteiger partial charge < -0.3 is 20.9 Å². The molecule has 0 aromatic heterocycles. The number of primary amides is 1. The van der Waals surface area contributed by atoms with E-state index in [1.54, 1.807) is 17.0 Å². The number of anilines is 1. The molecule has 1 spiro atoms. The Labute approximate surface area is 190 Å². The Morgan fingerprint density at radius 1 is 1.12 bits per heavy atom. The zero-order valence-corrected chi connectivity index (χ0v) is 18.4. The fourth-order valence-electron chi connectivity index (χ4n) is 4.78. The van der Waals surface area contributed by atoms with Gasteiger partial charge in [0.05, 0.1) is 12.0 Å². The maximum absolute atomic E-state index is 13.8. The van der Waals surface area contributed by atoms with Gasteiger partial charge in [0.25, 0.3) is 0 Å². The summed E-state index contributed by atoms with van der Waals surface area (Å²) in [6.45, 7) is 1.12. The van der Waals surface area contributed by atoms with E-state index >= 15 is 0 Å². The van der Waals surface area contributed by atoms with Crippen LogP contribution in [0.4, 0.5) is 19.3 Å². The van der Waals surface area contributed by atoms with Gasteiger partial charge in [-0.2, -0.15) is 0 Å². The smallest absolute Gasteiger partial charge is 0.317 e. The molecule has 4 rings (SSSR count). The summed E-state index contributed by atoms with van der Waals surface area (Å²) >= 11 is 0. The number of nitrogens with zero attached hydrogens (tertiary/aromatic N) is 2. The summed E-state index contributed by atoms with van der Waals surface area (Å²) in [5, 5.41) is 2.83. The molecule has 2 aliphatic rings. The fraction of sp³-hybridized carbons (Fsp3) is 0.375. The number of rotatable bonds is 4. The predicted octanol–water partition coefficient (Wildman–Crippen LogP) is 2.76. The molecule has 2 aliphatic heterocycles. The van der Waals surface area contributed by atoms with Gasteiger partial charge in [-0.05, 0) is 48.2 Å². The molecular weight excluding hydrogens is 430 g/mol. The van der Waals surface area contributed by atoms with E-state index in [0.29, 0.717) is 42.7 Å². The van der Waals surface area contributed by atoms with Crippen LogP contribution in [-0.2, 0) is 17.8 Å². The number of fused-ring (bicyclic) bond motifs is 1. The van der Waals surface area contributed by atoms with Gasteiger partial charge in [0, 0.05) is 44.4 Å². The highest BCUT2D eigenvalue weighted by atomic mass is 19.1. The number of likely N-dealkylation sites (tertiary alicyclic amines) is 1. The molecule has 3 N–H and O–H groups in total. The summed E-state index contributed by atoms with van der Waals surface area (Å²) in [6, 6.07) is 8.35.